The lowest BCUT2D eigenvalue weighted by Gasteiger charge is -2.17. The molecule has 0 saturated heterocycles. The van der Waals surface area contributed by atoms with Crippen LogP contribution in [0.3, 0.4) is 0 Å². The van der Waals surface area contributed by atoms with Crippen LogP contribution >= 0.6 is 11.8 Å². The number of hydrogen-bond donors (Lipinski definition) is 1. The van der Waals surface area contributed by atoms with E-state index in [1.807, 2.05) is 47.9 Å². The average Bonchev–Trinajstić information content (AvgIpc) is 3.37. The lowest BCUT2D eigenvalue weighted by molar-refractivity contribution is -0.119. The molecular weight excluding hydrogens is 388 g/mol. The Bertz CT molecular complexity index is 920. The third-order valence-corrected chi connectivity index (χ3v) is 5.65. The van der Waals surface area contributed by atoms with E-state index in [9.17, 15) is 4.79 Å². The highest BCUT2D eigenvalue weighted by molar-refractivity contribution is 7.99. The van der Waals surface area contributed by atoms with Crippen molar-refractivity contribution in [1.82, 2.24) is 20.1 Å². The van der Waals surface area contributed by atoms with Crippen molar-refractivity contribution < 1.29 is 13.9 Å². The van der Waals surface area contributed by atoms with Gasteiger partial charge in [-0.05, 0) is 49.2 Å². The van der Waals surface area contributed by atoms with Crippen molar-refractivity contribution in [3.63, 3.8) is 0 Å². The van der Waals surface area contributed by atoms with E-state index in [1.165, 1.54) is 11.8 Å². The highest BCUT2D eigenvalue weighted by atomic mass is 32.2. The highest BCUT2D eigenvalue weighted by Crippen LogP contribution is 2.26. The van der Waals surface area contributed by atoms with Crippen molar-refractivity contribution in [3.05, 3.63) is 48.4 Å². The highest BCUT2D eigenvalue weighted by Gasteiger charge is 2.18. The number of rotatable bonds is 9. The summed E-state index contributed by atoms with van der Waals surface area (Å²) in [6.45, 7) is 6.65. The van der Waals surface area contributed by atoms with Crippen LogP contribution < -0.4 is 10.1 Å². The molecule has 0 fully saturated rings. The largest absolute Gasteiger partial charge is 0.497 e. The van der Waals surface area contributed by atoms with Crippen LogP contribution in [0.15, 0.2) is 52.2 Å². The van der Waals surface area contributed by atoms with E-state index in [1.54, 1.807) is 13.4 Å². The first-order valence-electron chi connectivity index (χ1n) is 9.50. The van der Waals surface area contributed by atoms with Crippen LogP contribution in [-0.2, 0) is 11.3 Å². The maximum absolute atomic E-state index is 12.3. The molecule has 0 radical (unpaired) electrons. The van der Waals surface area contributed by atoms with Crippen molar-refractivity contribution in [1.29, 1.82) is 0 Å². The predicted molar refractivity (Wildman–Crippen MR) is 113 cm³/mol. The van der Waals surface area contributed by atoms with Gasteiger partial charge in [0.1, 0.15) is 11.5 Å². The van der Waals surface area contributed by atoms with Gasteiger partial charge in [-0.2, -0.15) is 0 Å². The fourth-order valence-electron chi connectivity index (χ4n) is 2.64. The van der Waals surface area contributed by atoms with E-state index in [0.717, 1.165) is 17.1 Å². The molecule has 0 aliphatic rings. The molecule has 154 valence electrons. The number of benzene rings is 1. The summed E-state index contributed by atoms with van der Waals surface area (Å²) in [5.41, 5.74) is 0.912. The molecule has 0 bridgehead atoms. The molecular formula is C21H26N4O3S. The van der Waals surface area contributed by atoms with Gasteiger partial charge < -0.3 is 14.5 Å². The zero-order valence-electron chi connectivity index (χ0n) is 17.1. The molecule has 0 saturated carbocycles. The van der Waals surface area contributed by atoms with Gasteiger partial charge in [0.25, 0.3) is 0 Å². The normalized spacial score (nSPS) is 12.2. The van der Waals surface area contributed by atoms with Crippen molar-refractivity contribution >= 4 is 17.7 Å². The van der Waals surface area contributed by atoms with Crippen LogP contribution in [-0.4, -0.2) is 39.6 Å². The molecule has 1 unspecified atom stereocenters. The molecule has 29 heavy (non-hydrogen) atoms. The minimum absolute atomic E-state index is 0.0188. The fraction of sp³-hybridized carbons (Fsp3) is 0.381. The molecule has 0 aliphatic carbocycles. The molecule has 3 aromatic rings. The van der Waals surface area contributed by atoms with Gasteiger partial charge in [-0.25, -0.2) is 0 Å². The van der Waals surface area contributed by atoms with E-state index >= 15 is 0 Å². The summed E-state index contributed by atoms with van der Waals surface area (Å²) in [7, 11) is 1.63. The molecule has 1 atom stereocenters. The van der Waals surface area contributed by atoms with Crippen LogP contribution in [0.1, 0.15) is 26.5 Å². The molecule has 8 heteroatoms. The minimum Gasteiger partial charge on any atom is -0.497 e. The smallest absolute Gasteiger partial charge is 0.230 e. The van der Waals surface area contributed by atoms with Crippen molar-refractivity contribution in [2.24, 2.45) is 5.92 Å². The van der Waals surface area contributed by atoms with Crippen LogP contribution in [0, 0.1) is 5.92 Å². The van der Waals surface area contributed by atoms with Gasteiger partial charge in [0.15, 0.2) is 11.0 Å². The first-order chi connectivity index (χ1) is 14.0. The number of aromatic nitrogens is 3. The summed E-state index contributed by atoms with van der Waals surface area (Å²) in [6, 6.07) is 11.5. The topological polar surface area (TPSA) is 82.2 Å². The number of furan rings is 1. The Labute approximate surface area is 174 Å². The quantitative estimate of drug-likeness (QED) is 0.536. The molecule has 2 heterocycles. The second-order valence-electron chi connectivity index (χ2n) is 7.09. The fourth-order valence-corrected chi connectivity index (χ4v) is 3.39. The predicted octanol–water partition coefficient (Wildman–Crippen LogP) is 3.85. The Morgan fingerprint density at radius 3 is 2.59 bits per heavy atom. The Morgan fingerprint density at radius 1 is 1.21 bits per heavy atom. The van der Waals surface area contributed by atoms with Gasteiger partial charge in [0.05, 0.1) is 25.7 Å². The summed E-state index contributed by atoms with van der Waals surface area (Å²) in [6.07, 6.45) is 1.64. The summed E-state index contributed by atoms with van der Waals surface area (Å²) in [5.74, 6) is 2.91. The summed E-state index contributed by atoms with van der Waals surface area (Å²) < 4.78 is 12.7. The third kappa shape index (κ3) is 5.41. The van der Waals surface area contributed by atoms with Crippen molar-refractivity contribution in [3.8, 4) is 17.1 Å². The number of carbonyl (C=O) groups excluding carboxylic acids is 1. The van der Waals surface area contributed by atoms with Gasteiger partial charge >= 0.3 is 0 Å². The zero-order chi connectivity index (χ0) is 20.8. The number of hydrogen-bond acceptors (Lipinski definition) is 6. The molecule has 2 aromatic heterocycles. The second-order valence-corrected chi connectivity index (χ2v) is 8.03. The summed E-state index contributed by atoms with van der Waals surface area (Å²) >= 11 is 1.36. The van der Waals surface area contributed by atoms with Crippen LogP contribution in [0.5, 0.6) is 5.75 Å². The minimum atomic E-state index is -0.0188. The molecule has 3 rings (SSSR count). The Morgan fingerprint density at radius 2 is 1.97 bits per heavy atom. The number of methoxy groups -OCH3 is 1. The Hall–Kier alpha value is -2.74. The maximum atomic E-state index is 12.3. The van der Waals surface area contributed by atoms with Crippen molar-refractivity contribution in [2.45, 2.75) is 38.5 Å². The van der Waals surface area contributed by atoms with E-state index < -0.39 is 0 Å². The number of thioether (sulfide) groups is 1. The lowest BCUT2D eigenvalue weighted by Crippen LogP contribution is -2.37. The summed E-state index contributed by atoms with van der Waals surface area (Å²) in [4.78, 5) is 12.3. The maximum Gasteiger partial charge on any atom is 0.230 e. The SMILES string of the molecule is COc1ccc(-c2nnc(SCC(=O)NC(C)C(C)C)n2Cc2ccco2)cc1. The second kappa shape index (κ2) is 9.65. The van der Waals surface area contributed by atoms with Gasteiger partial charge in [-0.3, -0.25) is 9.36 Å². The van der Waals surface area contributed by atoms with Crippen LogP contribution in [0.2, 0.25) is 0 Å². The average molecular weight is 415 g/mol. The van der Waals surface area contributed by atoms with Crippen LogP contribution in [0.25, 0.3) is 11.4 Å². The van der Waals surface area contributed by atoms with Crippen LogP contribution in [0.4, 0.5) is 0 Å². The van der Waals surface area contributed by atoms with Crippen molar-refractivity contribution in [2.75, 3.05) is 12.9 Å². The van der Waals surface area contributed by atoms with Gasteiger partial charge in [-0.15, -0.1) is 10.2 Å². The van der Waals surface area contributed by atoms with Gasteiger partial charge in [0.2, 0.25) is 5.91 Å². The van der Waals surface area contributed by atoms with E-state index in [0.29, 0.717) is 23.4 Å². The number of ether oxygens (including phenoxy) is 1. The zero-order valence-corrected chi connectivity index (χ0v) is 17.9. The first kappa shape index (κ1) is 21.0. The number of nitrogens with one attached hydrogen (secondary N) is 1. The lowest BCUT2D eigenvalue weighted by atomic mass is 10.1. The van der Waals surface area contributed by atoms with E-state index in [4.69, 9.17) is 9.15 Å². The Balaban J connectivity index is 1.80. The summed E-state index contributed by atoms with van der Waals surface area (Å²) in [5, 5.41) is 12.4. The monoisotopic (exact) mass is 414 g/mol. The van der Waals surface area contributed by atoms with E-state index in [-0.39, 0.29) is 17.7 Å². The Kier molecular flexibility index (Phi) is 6.98. The number of carbonyl (C=O) groups is 1. The molecule has 1 N–H and O–H groups in total. The first-order valence-corrected chi connectivity index (χ1v) is 10.5. The molecule has 0 spiro atoms. The van der Waals surface area contributed by atoms with E-state index in [2.05, 4.69) is 29.4 Å². The molecule has 1 amide bonds. The standard InChI is InChI=1S/C21H26N4O3S/c1-14(2)15(3)22-19(26)13-29-21-24-23-20(16-7-9-17(27-4)10-8-16)25(21)12-18-6-5-11-28-18/h5-11,14-15H,12-13H2,1-4H3,(H,22,26). The number of nitrogens with zero attached hydrogens (tertiary/aromatic N) is 3. The molecule has 1 aromatic carbocycles. The molecule has 7 nitrogen and oxygen atoms in total. The third-order valence-electron chi connectivity index (χ3n) is 4.68. The molecule has 0 aliphatic heterocycles. The van der Waals surface area contributed by atoms with Gasteiger partial charge in [-0.1, -0.05) is 25.6 Å². The van der Waals surface area contributed by atoms with Gasteiger partial charge in [0, 0.05) is 11.6 Å². The number of amides is 1.